The van der Waals surface area contributed by atoms with Crippen LogP contribution in [0.5, 0.6) is 5.75 Å². The molecular formula is C33H29NO3SSi. The second kappa shape index (κ2) is 10.6. The number of hydrogen-bond donors (Lipinski definition) is 1. The van der Waals surface area contributed by atoms with E-state index in [1.54, 1.807) is 36.4 Å². The minimum atomic E-state index is -3.67. The van der Waals surface area contributed by atoms with E-state index in [4.69, 9.17) is 4.74 Å². The predicted molar refractivity (Wildman–Crippen MR) is 161 cm³/mol. The smallest absolute Gasteiger partial charge is 0.261 e. The molecule has 5 aromatic carbocycles. The largest absolute Gasteiger partial charge is 0.490 e. The summed E-state index contributed by atoms with van der Waals surface area (Å²) >= 11 is 0. The van der Waals surface area contributed by atoms with Gasteiger partial charge in [0, 0.05) is 12.1 Å². The lowest BCUT2D eigenvalue weighted by Crippen LogP contribution is -2.68. The number of hydrogen-bond acceptors (Lipinski definition) is 3. The van der Waals surface area contributed by atoms with Crippen LogP contribution in [0.4, 0.5) is 5.69 Å². The van der Waals surface area contributed by atoms with E-state index in [1.807, 2.05) is 12.1 Å². The molecule has 194 valence electrons. The van der Waals surface area contributed by atoms with Crippen LogP contribution in [0.15, 0.2) is 144 Å². The average Bonchev–Trinajstić information content (AvgIpc) is 3.39. The van der Waals surface area contributed by atoms with Gasteiger partial charge in [-0.3, -0.25) is 4.72 Å². The first-order valence-electron chi connectivity index (χ1n) is 13.1. The number of anilines is 1. The summed E-state index contributed by atoms with van der Waals surface area (Å²) in [7, 11) is -6.13. The van der Waals surface area contributed by atoms with Crippen molar-refractivity contribution in [3.05, 3.63) is 145 Å². The summed E-state index contributed by atoms with van der Waals surface area (Å²) in [6, 6.07) is 47.3. The van der Waals surface area contributed by atoms with Crippen molar-refractivity contribution in [3.8, 4) is 5.75 Å². The molecular weight excluding hydrogens is 519 g/mol. The van der Waals surface area contributed by atoms with Gasteiger partial charge >= 0.3 is 0 Å². The molecule has 0 saturated heterocycles. The predicted octanol–water partition coefficient (Wildman–Crippen LogP) is 4.96. The standard InChI is InChI=1S/C33H29NO3SSi/c35-38(36,29-13-5-1-6-14-29)34-27-21-22-33-26(23-27)24-28(37-33)25-39(30-15-7-2-8-16-30,31-17-9-3-10-18-31)32-19-11-4-12-20-32/h1-23,28,34H,24-25H2. The van der Waals surface area contributed by atoms with E-state index >= 15 is 0 Å². The molecule has 1 heterocycles. The minimum absolute atomic E-state index is 0.0340. The van der Waals surface area contributed by atoms with Crippen LogP contribution in [-0.2, 0) is 16.4 Å². The van der Waals surface area contributed by atoms with Crippen LogP contribution in [0.3, 0.4) is 0 Å². The highest BCUT2D eigenvalue weighted by molar-refractivity contribution is 7.92. The Labute approximate surface area is 231 Å². The van der Waals surface area contributed by atoms with Crippen molar-refractivity contribution in [3.63, 3.8) is 0 Å². The van der Waals surface area contributed by atoms with Gasteiger partial charge in [-0.25, -0.2) is 8.42 Å². The fourth-order valence-corrected chi connectivity index (χ4v) is 11.6. The maximum absolute atomic E-state index is 12.9. The Hall–Kier alpha value is -4.13. The second-order valence-electron chi connectivity index (χ2n) is 9.89. The van der Waals surface area contributed by atoms with Gasteiger partial charge in [0.1, 0.15) is 11.9 Å². The number of fused-ring (bicyclic) bond motifs is 1. The van der Waals surface area contributed by atoms with E-state index in [2.05, 4.69) is 95.7 Å². The van der Waals surface area contributed by atoms with Gasteiger partial charge in [-0.15, -0.1) is 0 Å². The number of nitrogens with one attached hydrogen (secondary N) is 1. The van der Waals surface area contributed by atoms with E-state index in [-0.39, 0.29) is 11.0 Å². The van der Waals surface area contributed by atoms with Crippen molar-refractivity contribution in [1.82, 2.24) is 0 Å². The van der Waals surface area contributed by atoms with E-state index in [0.29, 0.717) is 5.69 Å². The summed E-state index contributed by atoms with van der Waals surface area (Å²) < 4.78 is 35.1. The zero-order valence-corrected chi connectivity index (χ0v) is 23.2. The molecule has 0 aromatic heterocycles. The molecule has 6 heteroatoms. The van der Waals surface area contributed by atoms with Gasteiger partial charge in [0.15, 0.2) is 8.07 Å². The first-order valence-corrected chi connectivity index (χ1v) is 16.8. The average molecular weight is 548 g/mol. The molecule has 1 atom stereocenters. The summed E-state index contributed by atoms with van der Waals surface area (Å²) in [5.74, 6) is 0.819. The molecule has 0 saturated carbocycles. The molecule has 0 spiro atoms. The van der Waals surface area contributed by atoms with Crippen LogP contribution in [0.1, 0.15) is 5.56 Å². The van der Waals surface area contributed by atoms with Crippen LogP contribution >= 0.6 is 0 Å². The maximum Gasteiger partial charge on any atom is 0.261 e. The molecule has 6 rings (SSSR count). The molecule has 5 aromatic rings. The summed E-state index contributed by atoms with van der Waals surface area (Å²) in [5, 5.41) is 4.04. The van der Waals surface area contributed by atoms with Crippen molar-refractivity contribution in [2.45, 2.75) is 23.5 Å². The Morgan fingerprint density at radius 3 is 1.67 bits per heavy atom. The minimum Gasteiger partial charge on any atom is -0.490 e. The molecule has 4 nitrogen and oxygen atoms in total. The van der Waals surface area contributed by atoms with Crippen molar-refractivity contribution in [2.75, 3.05) is 4.72 Å². The van der Waals surface area contributed by atoms with Gasteiger partial charge in [-0.1, -0.05) is 109 Å². The Morgan fingerprint density at radius 2 is 1.15 bits per heavy atom. The summed E-state index contributed by atoms with van der Waals surface area (Å²) in [6.07, 6.45) is 0.686. The Balaban J connectivity index is 1.34. The fourth-order valence-electron chi connectivity index (χ4n) is 5.67. The van der Waals surface area contributed by atoms with E-state index in [0.717, 1.165) is 23.8 Å². The maximum atomic E-state index is 12.9. The molecule has 1 aliphatic heterocycles. The molecule has 1 aliphatic rings. The summed E-state index contributed by atoms with van der Waals surface area (Å²) in [5.41, 5.74) is 1.56. The number of rotatable bonds is 8. The van der Waals surface area contributed by atoms with Gasteiger partial charge in [0.2, 0.25) is 0 Å². The normalized spacial score (nSPS) is 14.8. The Morgan fingerprint density at radius 1 is 0.667 bits per heavy atom. The third-order valence-electron chi connectivity index (χ3n) is 7.44. The lowest BCUT2D eigenvalue weighted by Gasteiger charge is -2.35. The summed E-state index contributed by atoms with van der Waals surface area (Å²) in [4.78, 5) is 0.240. The quantitative estimate of drug-likeness (QED) is 0.221. The fraction of sp³-hybridized carbons (Fsp3) is 0.0909. The molecule has 39 heavy (non-hydrogen) atoms. The monoisotopic (exact) mass is 547 g/mol. The zero-order valence-electron chi connectivity index (χ0n) is 21.4. The van der Waals surface area contributed by atoms with Crippen molar-refractivity contribution >= 4 is 39.3 Å². The molecule has 0 fully saturated rings. The zero-order chi connectivity index (χ0) is 26.7. The first-order chi connectivity index (χ1) is 19.0. The van der Waals surface area contributed by atoms with Crippen LogP contribution < -0.4 is 25.0 Å². The van der Waals surface area contributed by atoms with Crippen molar-refractivity contribution in [1.29, 1.82) is 0 Å². The van der Waals surface area contributed by atoms with Crippen molar-refractivity contribution < 1.29 is 13.2 Å². The molecule has 0 bridgehead atoms. The third kappa shape index (κ3) is 5.01. The van der Waals surface area contributed by atoms with E-state index in [1.165, 1.54) is 15.6 Å². The Bertz CT molecular complexity index is 1570. The Kier molecular flexibility index (Phi) is 6.81. The molecule has 1 N–H and O–H groups in total. The van der Waals surface area contributed by atoms with Crippen LogP contribution in [0, 0.1) is 0 Å². The number of ether oxygens (including phenoxy) is 1. The lowest BCUT2D eigenvalue weighted by atomic mass is 10.1. The molecule has 1 unspecified atom stereocenters. The topological polar surface area (TPSA) is 55.4 Å². The highest BCUT2D eigenvalue weighted by atomic mass is 32.2. The van der Waals surface area contributed by atoms with Gasteiger partial charge in [0.25, 0.3) is 10.0 Å². The van der Waals surface area contributed by atoms with Gasteiger partial charge in [-0.2, -0.15) is 0 Å². The van der Waals surface area contributed by atoms with Crippen LogP contribution in [0.25, 0.3) is 0 Å². The summed E-state index contributed by atoms with van der Waals surface area (Å²) in [6.45, 7) is 0. The van der Waals surface area contributed by atoms with Gasteiger partial charge in [-0.05, 0) is 57.5 Å². The van der Waals surface area contributed by atoms with Crippen LogP contribution in [-0.4, -0.2) is 22.6 Å². The van der Waals surface area contributed by atoms with Gasteiger partial charge in [0.05, 0.1) is 4.90 Å². The SMILES string of the molecule is O=S(=O)(Nc1ccc2c(c1)CC(C[Si](c1ccccc1)(c1ccccc1)c1ccccc1)O2)c1ccccc1. The molecule has 0 amide bonds. The van der Waals surface area contributed by atoms with Crippen LogP contribution in [0.2, 0.25) is 6.04 Å². The molecule has 0 aliphatic carbocycles. The second-order valence-corrected chi connectivity index (χ2v) is 15.5. The lowest BCUT2D eigenvalue weighted by molar-refractivity contribution is 0.253. The van der Waals surface area contributed by atoms with Gasteiger partial charge < -0.3 is 4.74 Å². The molecule has 0 radical (unpaired) electrons. The first kappa shape index (κ1) is 25.2. The highest BCUT2D eigenvalue weighted by Gasteiger charge is 2.43. The van der Waals surface area contributed by atoms with Crippen molar-refractivity contribution in [2.24, 2.45) is 0 Å². The number of sulfonamides is 1. The van der Waals surface area contributed by atoms with E-state index in [9.17, 15) is 8.42 Å². The number of benzene rings is 5. The highest BCUT2D eigenvalue weighted by Crippen LogP contribution is 2.35. The third-order valence-corrected chi connectivity index (χ3v) is 13.9. The van der Waals surface area contributed by atoms with E-state index < -0.39 is 18.1 Å².